The first-order chi connectivity index (χ1) is 41.2. The predicted molar refractivity (Wildman–Crippen MR) is 375 cm³/mol. The van der Waals surface area contributed by atoms with Crippen LogP contribution in [0, 0.1) is 0 Å². The van der Waals surface area contributed by atoms with Gasteiger partial charge in [-0.15, -0.1) is 0 Å². The molecule has 0 aromatic rings. The Morgan fingerprint density at radius 1 is 0.202 bits per heavy atom. The summed E-state index contributed by atoms with van der Waals surface area (Å²) in [5.41, 5.74) is 0. The highest BCUT2D eigenvalue weighted by Crippen LogP contribution is 2.19. The molecule has 0 saturated carbocycles. The summed E-state index contributed by atoms with van der Waals surface area (Å²) in [7, 11) is 9.76. The van der Waals surface area contributed by atoms with Crippen LogP contribution in [0.4, 0.5) is 0 Å². The maximum atomic E-state index is 6.65. The van der Waals surface area contributed by atoms with Gasteiger partial charge in [-0.3, -0.25) is 0 Å². The molecule has 0 aromatic heterocycles. The molecular formula is C78H162N2O4+2. The van der Waals surface area contributed by atoms with E-state index in [0.717, 1.165) is 61.7 Å². The third-order valence-electron chi connectivity index (χ3n) is 18.8. The Bertz CT molecular complexity index is 1110. The minimum Gasteiger partial charge on any atom is -0.379 e. The van der Waals surface area contributed by atoms with Gasteiger partial charge in [0.25, 0.3) is 0 Å². The van der Waals surface area contributed by atoms with Gasteiger partial charge in [-0.05, 0) is 51.4 Å². The van der Waals surface area contributed by atoms with Crippen LogP contribution in [-0.2, 0) is 18.9 Å². The second-order valence-corrected chi connectivity index (χ2v) is 28.9. The summed E-state index contributed by atoms with van der Waals surface area (Å²) in [6.45, 7) is 19.0. The molecule has 6 heteroatoms. The van der Waals surface area contributed by atoms with E-state index in [-0.39, 0.29) is 12.2 Å². The van der Waals surface area contributed by atoms with Gasteiger partial charge in [0.2, 0.25) is 0 Å². The lowest BCUT2D eigenvalue weighted by molar-refractivity contribution is -0.893. The summed E-state index contributed by atoms with van der Waals surface area (Å²) in [6.07, 6.45) is 80.8. The number of hydrogen-bond donors (Lipinski definition) is 0. The van der Waals surface area contributed by atoms with Crippen molar-refractivity contribution in [1.29, 1.82) is 0 Å². The van der Waals surface area contributed by atoms with Crippen LogP contribution in [0.3, 0.4) is 0 Å². The average Bonchev–Trinajstić information content (AvgIpc) is 3.53. The normalized spacial score (nSPS) is 13.0. The second kappa shape index (κ2) is 68.7. The molecule has 84 heavy (non-hydrogen) atoms. The highest BCUT2D eigenvalue weighted by atomic mass is 16.5. The molecule has 0 aliphatic carbocycles. The minimum absolute atomic E-state index is 0.207. The largest absolute Gasteiger partial charge is 0.379 e. The van der Waals surface area contributed by atoms with E-state index in [4.69, 9.17) is 18.9 Å². The number of nitrogens with zero attached hydrogens (tertiary/aromatic N) is 2. The maximum Gasteiger partial charge on any atom is 0.130 e. The molecule has 0 heterocycles. The van der Waals surface area contributed by atoms with Crippen LogP contribution < -0.4 is 0 Å². The predicted octanol–water partition coefficient (Wildman–Crippen LogP) is 24.6. The summed E-state index contributed by atoms with van der Waals surface area (Å²) >= 11 is 0. The van der Waals surface area contributed by atoms with Gasteiger partial charge < -0.3 is 27.9 Å². The monoisotopic (exact) mass is 1190 g/mol. The molecule has 0 radical (unpaired) electrons. The molecular weight excluding hydrogens is 1030 g/mol. The zero-order valence-corrected chi connectivity index (χ0v) is 59.8. The minimum atomic E-state index is 0.207. The Balaban J connectivity index is 4.57. The molecule has 0 amide bonds. The SMILES string of the molecule is CCCCCCCCCCCCCCOCC(C[N+](C)(C)CCCCCCCCCCCC[N+](C)(C)CC(COCCCCCCCCCCCCCC)OCCCCCCCCCCCCCC)OCCCCCCCCCCCCCC. The molecule has 6 nitrogen and oxygen atoms in total. The highest BCUT2D eigenvalue weighted by Gasteiger charge is 2.24. The van der Waals surface area contributed by atoms with Crippen molar-refractivity contribution in [2.45, 2.75) is 412 Å². The number of ether oxygens (including phenoxy) is 4. The first-order valence-corrected chi connectivity index (χ1v) is 39.2. The van der Waals surface area contributed by atoms with E-state index in [1.54, 1.807) is 0 Å². The molecule has 0 aliphatic heterocycles. The molecule has 0 fully saturated rings. The van der Waals surface area contributed by atoms with Gasteiger partial charge in [0.1, 0.15) is 25.3 Å². The highest BCUT2D eigenvalue weighted by molar-refractivity contribution is 4.61. The zero-order chi connectivity index (χ0) is 61.1. The van der Waals surface area contributed by atoms with Crippen molar-refractivity contribution >= 4 is 0 Å². The van der Waals surface area contributed by atoms with Gasteiger partial charge in [-0.25, -0.2) is 0 Å². The Hall–Kier alpha value is -0.240. The number of unbranched alkanes of at least 4 members (excludes halogenated alkanes) is 53. The van der Waals surface area contributed by atoms with Crippen LogP contribution in [0.2, 0.25) is 0 Å². The van der Waals surface area contributed by atoms with E-state index in [2.05, 4.69) is 55.9 Å². The smallest absolute Gasteiger partial charge is 0.130 e. The molecule has 2 atom stereocenters. The fourth-order valence-corrected chi connectivity index (χ4v) is 13.0. The van der Waals surface area contributed by atoms with Crippen molar-refractivity contribution in [2.24, 2.45) is 0 Å². The van der Waals surface area contributed by atoms with Gasteiger partial charge in [-0.1, -0.05) is 349 Å². The number of quaternary nitrogens is 2. The lowest BCUT2D eigenvalue weighted by atomic mass is 10.1. The van der Waals surface area contributed by atoms with E-state index in [1.807, 2.05) is 0 Å². The van der Waals surface area contributed by atoms with Gasteiger partial charge in [-0.2, -0.15) is 0 Å². The van der Waals surface area contributed by atoms with Crippen LogP contribution in [0.1, 0.15) is 400 Å². The van der Waals surface area contributed by atoms with E-state index in [9.17, 15) is 0 Å². The topological polar surface area (TPSA) is 36.9 Å². The molecule has 0 spiro atoms. The molecule has 0 bridgehead atoms. The van der Waals surface area contributed by atoms with Crippen molar-refractivity contribution < 1.29 is 27.9 Å². The van der Waals surface area contributed by atoms with Gasteiger partial charge in [0.05, 0.1) is 54.5 Å². The third kappa shape index (κ3) is 67.7. The molecule has 2 unspecified atom stereocenters. The first kappa shape index (κ1) is 83.8. The molecule has 506 valence electrons. The molecule has 0 N–H and O–H groups in total. The standard InChI is InChI=1S/C78H162N2O4/c1-9-13-17-21-25-29-33-39-45-51-57-63-69-81-75-77(83-71-65-59-53-47-41-35-31-27-23-19-15-11-3)73-79(5,6)67-61-55-49-43-37-38-44-50-56-62-68-80(7,8)74-78(84-72-66-60-54-48-42-36-32-28-24-20-16-12-4)76-82-70-64-58-52-46-40-34-30-26-22-18-14-10-2/h77-78H,9-76H2,1-8H3/q+2. The summed E-state index contributed by atoms with van der Waals surface area (Å²) in [5.74, 6) is 0. The summed E-state index contributed by atoms with van der Waals surface area (Å²) in [6, 6.07) is 0. The van der Waals surface area contributed by atoms with Crippen LogP contribution in [0.15, 0.2) is 0 Å². The Morgan fingerprint density at radius 3 is 0.571 bits per heavy atom. The second-order valence-electron chi connectivity index (χ2n) is 28.9. The van der Waals surface area contributed by atoms with E-state index < -0.39 is 0 Å². The van der Waals surface area contributed by atoms with Crippen LogP contribution >= 0.6 is 0 Å². The Kier molecular flexibility index (Phi) is 68.5. The van der Waals surface area contributed by atoms with Crippen molar-refractivity contribution in [3.63, 3.8) is 0 Å². The molecule has 0 rings (SSSR count). The fourth-order valence-electron chi connectivity index (χ4n) is 13.0. The van der Waals surface area contributed by atoms with Crippen LogP contribution in [0.25, 0.3) is 0 Å². The Labute approximate surface area is 531 Å². The lowest BCUT2D eigenvalue weighted by Crippen LogP contribution is -2.48. The summed E-state index contributed by atoms with van der Waals surface area (Å²) in [4.78, 5) is 0. The maximum absolute atomic E-state index is 6.65. The van der Waals surface area contributed by atoms with Crippen molar-refractivity contribution in [2.75, 3.05) is 94.0 Å². The van der Waals surface area contributed by atoms with E-state index >= 15 is 0 Å². The Morgan fingerprint density at radius 2 is 0.369 bits per heavy atom. The van der Waals surface area contributed by atoms with Gasteiger partial charge >= 0.3 is 0 Å². The summed E-state index contributed by atoms with van der Waals surface area (Å²) in [5, 5.41) is 0. The molecule has 0 aliphatic rings. The fraction of sp³-hybridized carbons (Fsp3) is 1.00. The van der Waals surface area contributed by atoms with Crippen LogP contribution in [0.5, 0.6) is 0 Å². The van der Waals surface area contributed by atoms with Crippen molar-refractivity contribution in [3.8, 4) is 0 Å². The van der Waals surface area contributed by atoms with Gasteiger partial charge in [0.15, 0.2) is 0 Å². The zero-order valence-electron chi connectivity index (χ0n) is 59.8. The van der Waals surface area contributed by atoms with Crippen molar-refractivity contribution in [1.82, 2.24) is 0 Å². The molecule has 0 aromatic carbocycles. The number of rotatable bonds is 75. The average molecular weight is 1190 g/mol. The number of likely N-dealkylation sites (N-methyl/N-ethyl adjacent to an activating group) is 2. The number of hydrogen-bond acceptors (Lipinski definition) is 4. The van der Waals surface area contributed by atoms with Gasteiger partial charge in [0, 0.05) is 26.4 Å². The van der Waals surface area contributed by atoms with E-state index in [0.29, 0.717) is 0 Å². The van der Waals surface area contributed by atoms with Crippen molar-refractivity contribution in [3.05, 3.63) is 0 Å². The first-order valence-electron chi connectivity index (χ1n) is 39.2. The lowest BCUT2D eigenvalue weighted by Gasteiger charge is -2.33. The van der Waals surface area contributed by atoms with Crippen LogP contribution in [-0.4, -0.2) is 115 Å². The quantitative estimate of drug-likeness (QED) is 0.0449. The van der Waals surface area contributed by atoms with E-state index in [1.165, 1.54) is 385 Å². The summed E-state index contributed by atoms with van der Waals surface area (Å²) < 4.78 is 28.1. The third-order valence-corrected chi connectivity index (χ3v) is 18.8. The molecule has 0 saturated heterocycles.